The Labute approximate surface area is 181 Å². The Balaban J connectivity index is 1.21. The van der Waals surface area contributed by atoms with Gasteiger partial charge in [-0.3, -0.25) is 9.69 Å². The molecule has 4 heteroatoms. The molecule has 2 aliphatic rings. The summed E-state index contributed by atoms with van der Waals surface area (Å²) in [5, 5.41) is 3.44. The maximum absolute atomic E-state index is 12.7. The quantitative estimate of drug-likeness (QED) is 0.712. The Morgan fingerprint density at radius 1 is 0.967 bits per heavy atom. The average Bonchev–Trinajstić information content (AvgIpc) is 3.04. The van der Waals surface area contributed by atoms with E-state index >= 15 is 0 Å². The second-order valence-corrected chi connectivity index (χ2v) is 8.72. The SMILES string of the molecule is CC(c1ccccc1)N1CCN(CCCC(=O)c2ccc3c(c2)CCNCC3)CC1. The Bertz CT molecular complexity index is 827. The molecule has 2 heterocycles. The molecule has 0 radical (unpaired) electrons. The molecule has 1 fully saturated rings. The van der Waals surface area contributed by atoms with Crippen molar-refractivity contribution >= 4 is 5.78 Å². The summed E-state index contributed by atoms with van der Waals surface area (Å²) in [6, 6.07) is 17.6. The Hall–Kier alpha value is -2.01. The Morgan fingerprint density at radius 2 is 1.70 bits per heavy atom. The molecule has 2 aromatic rings. The molecule has 2 aliphatic heterocycles. The number of hydrogen-bond acceptors (Lipinski definition) is 4. The molecular formula is C26H35N3O. The minimum Gasteiger partial charge on any atom is -0.316 e. The lowest BCUT2D eigenvalue weighted by molar-refractivity contribution is 0.0924. The van der Waals surface area contributed by atoms with E-state index < -0.39 is 0 Å². The fourth-order valence-electron chi connectivity index (χ4n) is 4.77. The molecule has 4 rings (SSSR count). The fraction of sp³-hybridized carbons (Fsp3) is 0.500. The van der Waals surface area contributed by atoms with Crippen LogP contribution < -0.4 is 5.32 Å². The van der Waals surface area contributed by atoms with Gasteiger partial charge in [-0.2, -0.15) is 0 Å². The van der Waals surface area contributed by atoms with Crippen molar-refractivity contribution in [2.75, 3.05) is 45.8 Å². The van der Waals surface area contributed by atoms with Gasteiger partial charge in [0.05, 0.1) is 0 Å². The number of Topliss-reactive ketones (excluding diaryl/α,β-unsaturated/α-hetero) is 1. The van der Waals surface area contributed by atoms with Gasteiger partial charge in [0.15, 0.2) is 5.78 Å². The highest BCUT2D eigenvalue weighted by atomic mass is 16.1. The number of hydrogen-bond donors (Lipinski definition) is 1. The van der Waals surface area contributed by atoms with Gasteiger partial charge >= 0.3 is 0 Å². The number of carbonyl (C=O) groups is 1. The van der Waals surface area contributed by atoms with Crippen LogP contribution in [0.3, 0.4) is 0 Å². The molecule has 1 unspecified atom stereocenters. The number of fused-ring (bicyclic) bond motifs is 1. The number of piperazine rings is 1. The van der Waals surface area contributed by atoms with Crippen LogP contribution >= 0.6 is 0 Å². The van der Waals surface area contributed by atoms with E-state index in [2.05, 4.69) is 64.5 Å². The highest BCUT2D eigenvalue weighted by Crippen LogP contribution is 2.21. The smallest absolute Gasteiger partial charge is 0.162 e. The monoisotopic (exact) mass is 405 g/mol. The molecule has 2 aromatic carbocycles. The van der Waals surface area contributed by atoms with E-state index in [0.717, 1.165) is 70.6 Å². The number of nitrogens with zero attached hydrogens (tertiary/aromatic N) is 2. The number of rotatable bonds is 7. The summed E-state index contributed by atoms with van der Waals surface area (Å²) in [7, 11) is 0. The van der Waals surface area contributed by atoms with Gasteiger partial charge in [0, 0.05) is 44.2 Å². The van der Waals surface area contributed by atoms with E-state index in [1.54, 1.807) is 0 Å². The van der Waals surface area contributed by atoms with E-state index in [-0.39, 0.29) is 0 Å². The van der Waals surface area contributed by atoms with Crippen molar-refractivity contribution in [3.05, 3.63) is 70.8 Å². The van der Waals surface area contributed by atoms with Gasteiger partial charge in [0.2, 0.25) is 0 Å². The molecule has 1 N–H and O–H groups in total. The maximum atomic E-state index is 12.7. The summed E-state index contributed by atoms with van der Waals surface area (Å²) in [5.41, 5.74) is 5.05. The van der Waals surface area contributed by atoms with Crippen LogP contribution in [-0.2, 0) is 12.8 Å². The molecule has 160 valence electrons. The Morgan fingerprint density at radius 3 is 2.47 bits per heavy atom. The predicted octanol–water partition coefficient (Wildman–Crippen LogP) is 3.72. The summed E-state index contributed by atoms with van der Waals surface area (Å²) in [6.45, 7) is 9.77. The normalized spacial score (nSPS) is 19.1. The summed E-state index contributed by atoms with van der Waals surface area (Å²) in [6.07, 6.45) is 3.70. The third kappa shape index (κ3) is 5.37. The van der Waals surface area contributed by atoms with Crippen LogP contribution in [0.1, 0.15) is 52.9 Å². The number of nitrogens with one attached hydrogen (secondary N) is 1. The highest BCUT2D eigenvalue weighted by molar-refractivity contribution is 5.96. The van der Waals surface area contributed by atoms with Crippen LogP contribution in [-0.4, -0.2) is 61.4 Å². The molecule has 0 aliphatic carbocycles. The second-order valence-electron chi connectivity index (χ2n) is 8.72. The van der Waals surface area contributed by atoms with E-state index in [4.69, 9.17) is 0 Å². The van der Waals surface area contributed by atoms with Crippen LogP contribution in [0.25, 0.3) is 0 Å². The summed E-state index contributed by atoms with van der Waals surface area (Å²) in [5.74, 6) is 0.298. The molecule has 1 atom stereocenters. The maximum Gasteiger partial charge on any atom is 0.162 e. The van der Waals surface area contributed by atoms with E-state index in [1.165, 1.54) is 16.7 Å². The van der Waals surface area contributed by atoms with Crippen LogP contribution in [0, 0.1) is 0 Å². The minimum atomic E-state index is 0.298. The standard InChI is InChI=1S/C26H35N3O/c1-21(22-6-3-2-4-7-22)29-18-16-28(17-19-29)15-5-8-26(30)25-10-9-23-11-13-27-14-12-24(23)20-25/h2-4,6-7,9-10,20-21,27H,5,8,11-19H2,1H3. The average molecular weight is 406 g/mol. The van der Waals surface area contributed by atoms with Crippen molar-refractivity contribution in [2.24, 2.45) is 0 Å². The highest BCUT2D eigenvalue weighted by Gasteiger charge is 2.22. The number of ketones is 1. The molecule has 30 heavy (non-hydrogen) atoms. The topological polar surface area (TPSA) is 35.6 Å². The minimum absolute atomic E-state index is 0.298. The van der Waals surface area contributed by atoms with Crippen LogP contribution in [0.4, 0.5) is 0 Å². The van der Waals surface area contributed by atoms with Crippen molar-refractivity contribution in [3.63, 3.8) is 0 Å². The molecule has 0 saturated carbocycles. The second kappa shape index (κ2) is 10.3. The predicted molar refractivity (Wildman–Crippen MR) is 123 cm³/mol. The van der Waals surface area contributed by atoms with Crippen LogP contribution in [0.15, 0.2) is 48.5 Å². The molecule has 0 spiro atoms. The van der Waals surface area contributed by atoms with Crippen molar-refractivity contribution in [3.8, 4) is 0 Å². The molecule has 4 nitrogen and oxygen atoms in total. The van der Waals surface area contributed by atoms with Gasteiger partial charge in [-0.1, -0.05) is 42.5 Å². The summed E-state index contributed by atoms with van der Waals surface area (Å²) >= 11 is 0. The zero-order chi connectivity index (χ0) is 20.8. The largest absolute Gasteiger partial charge is 0.316 e. The van der Waals surface area contributed by atoms with E-state index in [9.17, 15) is 4.79 Å². The molecule has 1 saturated heterocycles. The first-order chi connectivity index (χ1) is 14.7. The summed E-state index contributed by atoms with van der Waals surface area (Å²) < 4.78 is 0. The number of benzene rings is 2. The Kier molecular flexibility index (Phi) is 7.32. The van der Waals surface area contributed by atoms with Gasteiger partial charge in [0.1, 0.15) is 0 Å². The summed E-state index contributed by atoms with van der Waals surface area (Å²) in [4.78, 5) is 17.8. The molecule has 0 bridgehead atoms. The van der Waals surface area contributed by atoms with Gasteiger partial charge < -0.3 is 10.2 Å². The molecule has 0 amide bonds. The number of carbonyl (C=O) groups excluding carboxylic acids is 1. The van der Waals surface area contributed by atoms with Crippen LogP contribution in [0.5, 0.6) is 0 Å². The lowest BCUT2D eigenvalue weighted by Crippen LogP contribution is -2.47. The van der Waals surface area contributed by atoms with Crippen molar-refractivity contribution in [1.82, 2.24) is 15.1 Å². The zero-order valence-corrected chi connectivity index (χ0v) is 18.3. The first kappa shape index (κ1) is 21.2. The fourth-order valence-corrected chi connectivity index (χ4v) is 4.77. The van der Waals surface area contributed by atoms with E-state index in [0.29, 0.717) is 18.2 Å². The van der Waals surface area contributed by atoms with Gasteiger partial charge in [-0.05, 0) is 68.6 Å². The lowest BCUT2D eigenvalue weighted by atomic mass is 9.97. The van der Waals surface area contributed by atoms with Gasteiger partial charge in [-0.25, -0.2) is 0 Å². The molecule has 0 aromatic heterocycles. The van der Waals surface area contributed by atoms with Crippen molar-refractivity contribution in [1.29, 1.82) is 0 Å². The third-order valence-corrected chi connectivity index (χ3v) is 6.79. The zero-order valence-electron chi connectivity index (χ0n) is 18.3. The molecular weight excluding hydrogens is 370 g/mol. The van der Waals surface area contributed by atoms with Crippen LogP contribution in [0.2, 0.25) is 0 Å². The lowest BCUT2D eigenvalue weighted by Gasteiger charge is -2.38. The first-order valence-electron chi connectivity index (χ1n) is 11.6. The van der Waals surface area contributed by atoms with Gasteiger partial charge in [0.25, 0.3) is 0 Å². The van der Waals surface area contributed by atoms with E-state index in [1.807, 2.05) is 6.07 Å². The first-order valence-corrected chi connectivity index (χ1v) is 11.6. The van der Waals surface area contributed by atoms with Gasteiger partial charge in [-0.15, -0.1) is 0 Å². The van der Waals surface area contributed by atoms with Crippen molar-refractivity contribution in [2.45, 2.75) is 38.6 Å². The third-order valence-electron chi connectivity index (χ3n) is 6.79. The van der Waals surface area contributed by atoms with Crippen molar-refractivity contribution < 1.29 is 4.79 Å².